The second-order valence-corrected chi connectivity index (χ2v) is 17.9. The van der Waals surface area contributed by atoms with Crippen molar-refractivity contribution in [1.82, 2.24) is 9.91 Å². The topological polar surface area (TPSA) is 220 Å². The highest BCUT2D eigenvalue weighted by atomic mass is 16.7. The van der Waals surface area contributed by atoms with Crippen LogP contribution in [-0.4, -0.2) is 129 Å². The summed E-state index contributed by atoms with van der Waals surface area (Å²) in [6.45, 7) is 15.7. The molecule has 16 nitrogen and oxygen atoms in total. The summed E-state index contributed by atoms with van der Waals surface area (Å²) in [5.41, 5.74) is 0.718. The molecule has 16 heteroatoms. The van der Waals surface area contributed by atoms with Crippen LogP contribution in [0.15, 0.2) is 77.6 Å². The van der Waals surface area contributed by atoms with E-state index in [9.17, 15) is 39.9 Å². The van der Waals surface area contributed by atoms with Crippen LogP contribution in [0, 0.1) is 30.6 Å². The predicted octanol–water partition coefficient (Wildman–Crippen LogP) is 6.42. The number of nitrogens with zero attached hydrogens (tertiary/aromatic N) is 3. The number of Topliss-reactive ketones (excluding diaryl/α,β-unsaturated/α-hetero) is 1. The molecule has 0 radical (unpaired) electrons. The van der Waals surface area contributed by atoms with E-state index in [1.165, 1.54) is 59.4 Å². The van der Waals surface area contributed by atoms with Gasteiger partial charge in [-0.25, -0.2) is 0 Å². The van der Waals surface area contributed by atoms with Gasteiger partial charge in [0.05, 0.1) is 53.0 Å². The fourth-order valence-corrected chi connectivity index (χ4v) is 8.95. The number of ketones is 1. The molecule has 3 aromatic rings. The van der Waals surface area contributed by atoms with Crippen LogP contribution in [0.4, 0.5) is 5.69 Å². The van der Waals surface area contributed by atoms with Crippen molar-refractivity contribution < 1.29 is 58.9 Å². The van der Waals surface area contributed by atoms with Gasteiger partial charge in [0, 0.05) is 93.9 Å². The minimum absolute atomic E-state index is 0.0504. The number of nitrogens with one attached hydrogen (secondary N) is 1. The van der Waals surface area contributed by atoms with E-state index < -0.39 is 88.8 Å². The van der Waals surface area contributed by atoms with Gasteiger partial charge in [-0.05, 0) is 25.5 Å². The lowest BCUT2D eigenvalue weighted by molar-refractivity contribution is -0.160. The minimum Gasteiger partial charge on any atom is -0.507 e. The fourth-order valence-electron chi connectivity index (χ4n) is 8.95. The lowest BCUT2D eigenvalue weighted by Crippen LogP contribution is -2.46. The second kappa shape index (κ2) is 21.2. The Morgan fingerprint density at radius 3 is 2.27 bits per heavy atom. The molecule has 67 heavy (non-hydrogen) atoms. The van der Waals surface area contributed by atoms with E-state index in [1.807, 2.05) is 30.3 Å². The number of allylic oxidation sites excluding steroid dienone is 2. The molecule has 9 atom stereocenters. The Bertz CT molecular complexity index is 2480. The maximum Gasteiger partial charge on any atom is 0.312 e. The highest BCUT2D eigenvalue weighted by molar-refractivity contribution is 6.23. The van der Waals surface area contributed by atoms with Crippen LogP contribution in [-0.2, 0) is 23.8 Å². The number of ether oxygens (including phenoxy) is 4. The van der Waals surface area contributed by atoms with Crippen molar-refractivity contribution in [2.45, 2.75) is 85.6 Å². The summed E-state index contributed by atoms with van der Waals surface area (Å²) in [5.74, 6) is -8.44. The van der Waals surface area contributed by atoms with Crippen molar-refractivity contribution in [3.63, 3.8) is 0 Å². The number of carbonyl (C=O) groups excluding carboxylic acids is 3. The van der Waals surface area contributed by atoms with Crippen molar-refractivity contribution in [1.29, 1.82) is 0 Å². The first-order chi connectivity index (χ1) is 31.8. The standard InChI is InChI=1S/C51H64N4O12/c1-28-15-13-16-29(2)50(63)53-41-36(27-52-55-24-22-54(23-25-55)21-14-19-35-17-11-10-12-18-35)45(60)38-39(46(41)61)44(59)33(6)48-40(38)49(62)51(8,67-48)65-26-20-37(64-9)30(3)47(66-34(7)56)32(5)43(58)31(4)42(28)57/h10-20,26-28,30-32,37,42-43,47,57-61H,21-25H2,1-9H3,(H,53,63)/b15-13+,19-14+,26-20+,29-16-,52-27-/t28-,30+,31+,32-,37-,42+,43+,47+,51-/m0/s1. The van der Waals surface area contributed by atoms with Crippen LogP contribution in [0.25, 0.3) is 16.8 Å². The molecule has 0 aromatic heterocycles. The molecule has 4 aliphatic rings. The molecule has 0 unspecified atom stereocenters. The van der Waals surface area contributed by atoms with Gasteiger partial charge in [0.25, 0.3) is 11.7 Å². The number of hydrogen-bond acceptors (Lipinski definition) is 15. The molecule has 1 saturated heterocycles. The number of methoxy groups -OCH3 is 1. The summed E-state index contributed by atoms with van der Waals surface area (Å²) in [5, 5.41) is 67.6. The molecule has 1 amide bonds. The highest BCUT2D eigenvalue weighted by Gasteiger charge is 2.50. The van der Waals surface area contributed by atoms with Gasteiger partial charge in [-0.2, -0.15) is 5.10 Å². The summed E-state index contributed by atoms with van der Waals surface area (Å²) in [6, 6.07) is 10.0. The number of aliphatic hydroxyl groups excluding tert-OH is 2. The highest BCUT2D eigenvalue weighted by Crippen LogP contribution is 2.55. The number of fused-ring (bicyclic) bond motifs is 14. The Morgan fingerprint density at radius 1 is 0.925 bits per heavy atom. The smallest absolute Gasteiger partial charge is 0.312 e. The molecule has 5 bridgehead atoms. The molecule has 6 N–H and O–H groups in total. The average molecular weight is 925 g/mol. The predicted molar refractivity (Wildman–Crippen MR) is 255 cm³/mol. The Labute approximate surface area is 391 Å². The van der Waals surface area contributed by atoms with Crippen LogP contribution >= 0.6 is 0 Å². The Kier molecular flexibility index (Phi) is 15.9. The lowest BCUT2D eigenvalue weighted by atomic mass is 9.78. The molecule has 4 heterocycles. The van der Waals surface area contributed by atoms with Crippen molar-refractivity contribution in [2.75, 3.05) is 45.2 Å². The van der Waals surface area contributed by atoms with Gasteiger partial charge in [-0.15, -0.1) is 0 Å². The number of amides is 1. The van der Waals surface area contributed by atoms with E-state index in [1.54, 1.807) is 44.9 Å². The summed E-state index contributed by atoms with van der Waals surface area (Å²) in [6.07, 6.45) is 9.03. The van der Waals surface area contributed by atoms with Crippen molar-refractivity contribution >= 4 is 46.4 Å². The number of aromatic hydroxyl groups is 3. The Hall–Kier alpha value is -6.20. The number of hydrazone groups is 1. The molecule has 7 rings (SSSR count). The molecule has 0 saturated carbocycles. The van der Waals surface area contributed by atoms with Crippen LogP contribution in [0.2, 0.25) is 0 Å². The Morgan fingerprint density at radius 2 is 1.61 bits per heavy atom. The number of rotatable bonds is 7. The number of piperazine rings is 1. The number of aliphatic hydroxyl groups is 2. The first kappa shape index (κ1) is 50.2. The van der Waals surface area contributed by atoms with Crippen LogP contribution < -0.4 is 10.1 Å². The van der Waals surface area contributed by atoms with E-state index in [0.29, 0.717) is 26.2 Å². The maximum atomic E-state index is 14.6. The molecule has 0 aliphatic carbocycles. The Balaban J connectivity index is 1.43. The normalized spacial score (nSPS) is 29.7. The van der Waals surface area contributed by atoms with Crippen molar-refractivity contribution in [2.24, 2.45) is 28.8 Å². The number of carbonyl (C=O) groups is 3. The summed E-state index contributed by atoms with van der Waals surface area (Å²) < 4.78 is 23.7. The van der Waals surface area contributed by atoms with Crippen LogP contribution in [0.3, 0.4) is 0 Å². The molecule has 360 valence electrons. The van der Waals surface area contributed by atoms with Crippen LogP contribution in [0.5, 0.6) is 23.0 Å². The van der Waals surface area contributed by atoms with Crippen LogP contribution in [0.1, 0.15) is 75.5 Å². The number of benzene rings is 3. The second-order valence-electron chi connectivity index (χ2n) is 17.9. The number of phenols is 3. The molecular weight excluding hydrogens is 861 g/mol. The van der Waals surface area contributed by atoms with Gasteiger partial charge in [0.1, 0.15) is 23.4 Å². The zero-order chi connectivity index (χ0) is 48.9. The quantitative estimate of drug-likeness (QED) is 0.0652. The lowest BCUT2D eigenvalue weighted by Gasteiger charge is -2.38. The number of phenolic OH excluding ortho intramolecular Hbond substituents is 3. The van der Waals surface area contributed by atoms with Gasteiger partial charge in [-0.1, -0.05) is 88.4 Å². The SMILES string of the molecule is CO[C@H]1/C=C/O[C@@]2(C)Oc3c(C)c(O)c4c(O)c(c(/C=N\N5CCN(C/C=C/c6ccccc6)CC5)c(O)c4c3C2=O)NC(=O)/C(C)=C\C=C\[C@H](C)[C@@H](O)[C@@H](C)[C@@H](O)[C@H](C)[C@H](OC(C)=O)[C@@H]1C. The summed E-state index contributed by atoms with van der Waals surface area (Å²) in [7, 11) is 1.44. The zero-order valence-corrected chi connectivity index (χ0v) is 39.6. The van der Waals surface area contributed by atoms with E-state index in [0.717, 1.165) is 12.1 Å². The molecule has 4 aliphatic heterocycles. The van der Waals surface area contributed by atoms with Gasteiger partial charge < -0.3 is 49.8 Å². The number of hydrogen-bond donors (Lipinski definition) is 6. The van der Waals surface area contributed by atoms with E-state index >= 15 is 0 Å². The molecule has 1 fully saturated rings. The van der Waals surface area contributed by atoms with Crippen molar-refractivity contribution in [3.8, 4) is 23.0 Å². The maximum absolute atomic E-state index is 14.6. The average Bonchev–Trinajstić information content (AvgIpc) is 3.57. The minimum atomic E-state index is -2.06. The van der Waals surface area contributed by atoms with Crippen molar-refractivity contribution in [3.05, 3.63) is 94.8 Å². The van der Waals surface area contributed by atoms with Gasteiger partial charge in [-0.3, -0.25) is 24.3 Å². The van der Waals surface area contributed by atoms with Gasteiger partial charge >= 0.3 is 11.8 Å². The third-order valence-electron chi connectivity index (χ3n) is 13.2. The number of esters is 1. The summed E-state index contributed by atoms with van der Waals surface area (Å²) >= 11 is 0. The molecule has 0 spiro atoms. The molecular formula is C51H64N4O12. The first-order valence-corrected chi connectivity index (χ1v) is 22.6. The van der Waals surface area contributed by atoms with E-state index in [4.69, 9.17) is 18.9 Å². The third-order valence-corrected chi connectivity index (χ3v) is 13.2. The van der Waals surface area contributed by atoms with Gasteiger partial charge in [0.15, 0.2) is 5.75 Å². The monoisotopic (exact) mass is 924 g/mol. The summed E-state index contributed by atoms with van der Waals surface area (Å²) in [4.78, 5) is 43.1. The third kappa shape index (κ3) is 10.7. The molecule has 3 aromatic carbocycles. The van der Waals surface area contributed by atoms with E-state index in [-0.39, 0.29) is 44.5 Å². The van der Waals surface area contributed by atoms with Gasteiger partial charge in [0.2, 0.25) is 0 Å². The van der Waals surface area contributed by atoms with E-state index in [2.05, 4.69) is 27.5 Å². The first-order valence-electron chi connectivity index (χ1n) is 22.6. The zero-order valence-electron chi connectivity index (χ0n) is 39.6. The fraction of sp³-hybridized carbons (Fsp3) is 0.451. The number of anilines is 1. The largest absolute Gasteiger partial charge is 0.507 e.